The summed E-state index contributed by atoms with van der Waals surface area (Å²) >= 11 is 5.09. The molecule has 0 saturated heterocycles. The Hall–Kier alpha value is -2.25. The number of hydrogen-bond acceptors (Lipinski definition) is 6. The van der Waals surface area contributed by atoms with E-state index in [0.717, 1.165) is 32.3 Å². The maximum Gasteiger partial charge on any atom is 0.338 e. The monoisotopic (exact) mass is 487 g/mol. The lowest BCUT2D eigenvalue weighted by Crippen LogP contribution is -2.30. The Labute approximate surface area is 190 Å². The molecule has 0 radical (unpaired) electrons. The summed E-state index contributed by atoms with van der Waals surface area (Å²) in [6.45, 7) is 4.05. The van der Waals surface area contributed by atoms with Crippen LogP contribution >= 0.6 is 27.7 Å². The highest BCUT2D eigenvalue weighted by Crippen LogP contribution is 2.34. The zero-order valence-corrected chi connectivity index (χ0v) is 20.0. The zero-order chi connectivity index (χ0) is 21.7. The lowest BCUT2D eigenvalue weighted by molar-refractivity contribution is -0.138. The number of thioether (sulfide) groups is 1. The number of benzene rings is 2. The predicted octanol–water partition coefficient (Wildman–Crippen LogP) is 5.29. The van der Waals surface area contributed by atoms with Crippen molar-refractivity contribution in [1.82, 2.24) is 5.32 Å². The van der Waals surface area contributed by atoms with Gasteiger partial charge in [-0.25, -0.2) is 9.79 Å². The molecule has 0 saturated carbocycles. The summed E-state index contributed by atoms with van der Waals surface area (Å²) in [5.74, 6) is 0.456. The van der Waals surface area contributed by atoms with E-state index in [2.05, 4.69) is 33.4 Å². The molecule has 0 amide bonds. The van der Waals surface area contributed by atoms with Crippen LogP contribution in [0.2, 0.25) is 0 Å². The first-order chi connectivity index (χ1) is 14.4. The molecule has 1 N–H and O–H groups in total. The molecule has 2 aromatic carbocycles. The first-order valence-electron chi connectivity index (χ1n) is 9.76. The Bertz CT molecular complexity index is 953. The van der Waals surface area contributed by atoms with Crippen molar-refractivity contribution in [3.05, 3.63) is 75.4 Å². The number of anilines is 1. The number of hydrogen-bond donors (Lipinski definition) is 1. The zero-order valence-electron chi connectivity index (χ0n) is 17.6. The third kappa shape index (κ3) is 5.46. The van der Waals surface area contributed by atoms with Gasteiger partial charge in [0.15, 0.2) is 5.17 Å². The van der Waals surface area contributed by atoms with Gasteiger partial charge in [-0.3, -0.25) is 0 Å². The summed E-state index contributed by atoms with van der Waals surface area (Å²) in [5, 5.41) is 4.09. The highest BCUT2D eigenvalue weighted by molar-refractivity contribution is 9.10. The van der Waals surface area contributed by atoms with Crippen LogP contribution in [0.5, 0.6) is 0 Å². The summed E-state index contributed by atoms with van der Waals surface area (Å²) < 4.78 is 6.37. The van der Waals surface area contributed by atoms with Gasteiger partial charge in [0.25, 0.3) is 0 Å². The number of esters is 1. The molecular weight excluding hydrogens is 462 g/mol. The van der Waals surface area contributed by atoms with Crippen molar-refractivity contribution in [3.8, 4) is 0 Å². The van der Waals surface area contributed by atoms with Crippen LogP contribution in [0.4, 0.5) is 5.69 Å². The van der Waals surface area contributed by atoms with Gasteiger partial charge in [0, 0.05) is 35.7 Å². The molecule has 0 fully saturated rings. The summed E-state index contributed by atoms with van der Waals surface area (Å²) in [6, 6.07) is 16.0. The summed E-state index contributed by atoms with van der Waals surface area (Å²) in [4.78, 5) is 19.6. The molecule has 0 bridgehead atoms. The van der Waals surface area contributed by atoms with Gasteiger partial charge in [0.2, 0.25) is 0 Å². The van der Waals surface area contributed by atoms with Gasteiger partial charge in [-0.05, 0) is 49.2 Å². The second-order valence-electron chi connectivity index (χ2n) is 7.12. The molecule has 0 aromatic heterocycles. The van der Waals surface area contributed by atoms with Gasteiger partial charge in [0.05, 0.1) is 12.2 Å². The second kappa shape index (κ2) is 10.2. The molecule has 0 spiro atoms. The fourth-order valence-electron chi connectivity index (χ4n) is 3.12. The fraction of sp³-hybridized carbons (Fsp3) is 0.304. The summed E-state index contributed by atoms with van der Waals surface area (Å²) in [5.41, 5.74) is 4.61. The molecule has 1 aliphatic heterocycles. The van der Waals surface area contributed by atoms with Crippen molar-refractivity contribution in [1.29, 1.82) is 0 Å². The number of nitrogens with zero attached hydrogens (tertiary/aromatic N) is 2. The van der Waals surface area contributed by atoms with Crippen LogP contribution in [0, 0.1) is 0 Å². The molecule has 1 atom stereocenters. The molecule has 3 rings (SSSR count). The van der Waals surface area contributed by atoms with Crippen LogP contribution in [0.15, 0.2) is 69.3 Å². The average molecular weight is 488 g/mol. The van der Waals surface area contributed by atoms with Gasteiger partial charge < -0.3 is 15.0 Å². The first kappa shape index (κ1) is 22.4. The fourth-order valence-corrected chi connectivity index (χ4v) is 4.29. The number of amidine groups is 1. The minimum Gasteiger partial charge on any atom is -0.463 e. The van der Waals surface area contributed by atoms with Crippen LogP contribution in [-0.2, 0) is 15.3 Å². The molecule has 5 nitrogen and oxygen atoms in total. The predicted molar refractivity (Wildman–Crippen MR) is 129 cm³/mol. The number of carbonyl (C=O) groups is 1. The normalized spacial score (nSPS) is 16.0. The van der Waals surface area contributed by atoms with Crippen molar-refractivity contribution in [3.63, 3.8) is 0 Å². The number of carbonyl (C=O) groups excluding carboxylic acids is 1. The third-order valence-electron chi connectivity index (χ3n) is 4.73. The number of nitrogens with one attached hydrogen (secondary N) is 1. The van der Waals surface area contributed by atoms with Crippen molar-refractivity contribution in [2.24, 2.45) is 4.99 Å². The van der Waals surface area contributed by atoms with Crippen molar-refractivity contribution < 1.29 is 9.53 Å². The van der Waals surface area contributed by atoms with E-state index >= 15 is 0 Å². The maximum absolute atomic E-state index is 12.7. The second-order valence-corrected chi connectivity index (χ2v) is 9.00. The van der Waals surface area contributed by atoms with E-state index in [9.17, 15) is 4.79 Å². The lowest BCUT2D eigenvalue weighted by atomic mass is 9.96. The quantitative estimate of drug-likeness (QED) is 0.561. The smallest absolute Gasteiger partial charge is 0.338 e. The topological polar surface area (TPSA) is 53.9 Å². The number of ether oxygens (including phenoxy) is 1. The van der Waals surface area contributed by atoms with E-state index in [4.69, 9.17) is 9.73 Å². The Kier molecular flexibility index (Phi) is 7.61. The van der Waals surface area contributed by atoms with Crippen molar-refractivity contribution in [2.75, 3.05) is 25.6 Å². The lowest BCUT2D eigenvalue weighted by Gasteiger charge is -2.26. The number of rotatable bonds is 6. The Balaban J connectivity index is 1.87. The van der Waals surface area contributed by atoms with E-state index in [1.165, 1.54) is 5.56 Å². The molecule has 0 aliphatic carbocycles. The van der Waals surface area contributed by atoms with Crippen LogP contribution in [0.3, 0.4) is 0 Å². The van der Waals surface area contributed by atoms with E-state index in [1.54, 1.807) is 11.8 Å². The largest absolute Gasteiger partial charge is 0.463 e. The van der Waals surface area contributed by atoms with E-state index < -0.39 is 6.04 Å². The number of halogens is 1. The molecule has 7 heteroatoms. The van der Waals surface area contributed by atoms with Gasteiger partial charge in [-0.15, -0.1) is 0 Å². The summed E-state index contributed by atoms with van der Waals surface area (Å²) in [7, 11) is 4.01. The van der Waals surface area contributed by atoms with E-state index in [0.29, 0.717) is 12.2 Å². The molecule has 1 heterocycles. The minimum atomic E-state index is -0.395. The van der Waals surface area contributed by atoms with Gasteiger partial charge in [0.1, 0.15) is 6.04 Å². The van der Waals surface area contributed by atoms with Gasteiger partial charge in [-0.1, -0.05) is 52.0 Å². The van der Waals surface area contributed by atoms with Crippen LogP contribution in [0.1, 0.15) is 31.0 Å². The molecule has 1 aliphatic rings. The van der Waals surface area contributed by atoms with Crippen LogP contribution < -0.4 is 10.2 Å². The first-order valence-corrected chi connectivity index (χ1v) is 11.5. The molecule has 158 valence electrons. The standard InChI is InChI=1S/C23H26BrN3O2S/c1-5-29-22(28)20-15(2)25-23(30-14-16-6-10-18(24)11-7-16)26-21(20)17-8-12-19(13-9-17)27(3)4/h6-13,21H,5,14H2,1-4H3,(H,25,26)/t21-/m0/s1. The molecule has 30 heavy (non-hydrogen) atoms. The van der Waals surface area contributed by atoms with Crippen LogP contribution in [0.25, 0.3) is 0 Å². The number of aliphatic imine (C=N–C) groups is 1. The maximum atomic E-state index is 12.7. The van der Waals surface area contributed by atoms with Gasteiger partial charge >= 0.3 is 5.97 Å². The highest BCUT2D eigenvalue weighted by Gasteiger charge is 2.30. The molecule has 0 unspecified atom stereocenters. The minimum absolute atomic E-state index is 0.329. The molecular formula is C23H26BrN3O2S. The summed E-state index contributed by atoms with van der Waals surface area (Å²) in [6.07, 6.45) is 0. The van der Waals surface area contributed by atoms with E-state index in [1.807, 2.05) is 69.2 Å². The number of allylic oxidation sites excluding steroid dienone is 1. The van der Waals surface area contributed by atoms with E-state index in [-0.39, 0.29) is 5.97 Å². The Morgan fingerprint density at radius 3 is 2.43 bits per heavy atom. The Morgan fingerprint density at radius 2 is 1.83 bits per heavy atom. The molecule has 2 aromatic rings. The third-order valence-corrected chi connectivity index (χ3v) is 6.21. The van der Waals surface area contributed by atoms with Crippen LogP contribution in [-0.4, -0.2) is 31.8 Å². The van der Waals surface area contributed by atoms with Crippen molar-refractivity contribution in [2.45, 2.75) is 25.6 Å². The average Bonchev–Trinajstić information content (AvgIpc) is 2.73. The van der Waals surface area contributed by atoms with Crippen molar-refractivity contribution >= 4 is 44.5 Å². The Morgan fingerprint density at radius 1 is 1.17 bits per heavy atom. The highest BCUT2D eigenvalue weighted by atomic mass is 79.9. The van der Waals surface area contributed by atoms with Gasteiger partial charge in [-0.2, -0.15) is 0 Å². The SMILES string of the molecule is CCOC(=O)C1=C(C)NC(SCc2ccc(Br)cc2)=N[C@H]1c1ccc(N(C)C)cc1.